The Morgan fingerprint density at radius 3 is 2.49 bits per heavy atom. The average molecular weight is 508 g/mol. The molecule has 1 heterocycles. The molecule has 4 rings (SSSR count). The fraction of sp³-hybridized carbons (Fsp3) is 0.533. The summed E-state index contributed by atoms with van der Waals surface area (Å²) in [4.78, 5) is 27.6. The molecule has 0 radical (unpaired) electrons. The van der Waals surface area contributed by atoms with Gasteiger partial charge in [-0.3, -0.25) is 9.59 Å². The number of Topliss-reactive ketones (excluding diaryl/α,β-unsaturated/α-hetero) is 1. The van der Waals surface area contributed by atoms with Gasteiger partial charge in [0.1, 0.15) is 6.04 Å². The molecule has 1 amide bonds. The standard InChI is InChI=1S/C30H41N3O4/c1-21(34)18-32-29(2,3)28(36)33-26(20-37-19-22-9-5-4-6-10-22)27(35)25-17-23-11-7-8-12-24(23)30(25)13-15-31-16-14-30/h4-12,21,25-26,31-32,34H,13-20H2,1-3H3,(H,33,36)/t21-,25?,26-/m1/s1. The normalized spacial score (nSPS) is 20.3. The number of aliphatic hydroxyl groups is 1. The first kappa shape index (κ1) is 27.5. The average Bonchev–Trinajstić information content (AvgIpc) is 3.21. The van der Waals surface area contributed by atoms with Gasteiger partial charge < -0.3 is 25.8 Å². The lowest BCUT2D eigenvalue weighted by molar-refractivity contribution is -0.135. The quantitative estimate of drug-likeness (QED) is 0.373. The summed E-state index contributed by atoms with van der Waals surface area (Å²) in [5.41, 5.74) is 2.35. The highest BCUT2D eigenvalue weighted by Gasteiger charge is 2.51. The lowest BCUT2D eigenvalue weighted by Crippen LogP contribution is -2.60. The second-order valence-electron chi connectivity index (χ2n) is 11.1. The van der Waals surface area contributed by atoms with Crippen LogP contribution in [-0.2, 0) is 32.8 Å². The molecule has 2 aromatic rings. The van der Waals surface area contributed by atoms with Crippen molar-refractivity contribution < 1.29 is 19.4 Å². The smallest absolute Gasteiger partial charge is 0.240 e. The van der Waals surface area contributed by atoms with Crippen LogP contribution in [0.15, 0.2) is 54.6 Å². The van der Waals surface area contributed by atoms with Crippen LogP contribution in [0.25, 0.3) is 0 Å². The Morgan fingerprint density at radius 2 is 1.78 bits per heavy atom. The van der Waals surface area contributed by atoms with Crippen molar-refractivity contribution in [1.82, 2.24) is 16.0 Å². The molecule has 7 heteroatoms. The number of rotatable bonds is 11. The molecule has 3 atom stereocenters. The number of benzene rings is 2. The van der Waals surface area contributed by atoms with E-state index in [4.69, 9.17) is 4.74 Å². The third-order valence-corrected chi connectivity index (χ3v) is 7.94. The molecule has 2 aromatic carbocycles. The highest BCUT2D eigenvalue weighted by atomic mass is 16.5. The number of ether oxygens (including phenoxy) is 1. The molecular weight excluding hydrogens is 466 g/mol. The van der Waals surface area contributed by atoms with E-state index < -0.39 is 17.7 Å². The topological polar surface area (TPSA) is 99.7 Å². The molecule has 0 bridgehead atoms. The maximum Gasteiger partial charge on any atom is 0.240 e. The molecule has 0 aromatic heterocycles. The van der Waals surface area contributed by atoms with Crippen molar-refractivity contribution in [3.8, 4) is 0 Å². The van der Waals surface area contributed by atoms with Crippen molar-refractivity contribution in [1.29, 1.82) is 0 Å². The maximum absolute atomic E-state index is 14.3. The predicted molar refractivity (Wildman–Crippen MR) is 144 cm³/mol. The van der Waals surface area contributed by atoms with Crippen LogP contribution in [0, 0.1) is 5.92 Å². The number of nitrogens with one attached hydrogen (secondary N) is 3. The summed E-state index contributed by atoms with van der Waals surface area (Å²) in [5.74, 6) is -0.471. The Balaban J connectivity index is 1.56. The summed E-state index contributed by atoms with van der Waals surface area (Å²) in [6.45, 7) is 7.68. The van der Waals surface area contributed by atoms with Crippen LogP contribution in [-0.4, -0.2) is 60.7 Å². The van der Waals surface area contributed by atoms with Gasteiger partial charge in [0.2, 0.25) is 5.91 Å². The number of β-amino-alcohol motifs (C(OH)–C–C–N with tert-alkyl or cyclic N) is 1. The van der Waals surface area contributed by atoms with Crippen LogP contribution in [0.5, 0.6) is 0 Å². The Hall–Kier alpha value is -2.58. The van der Waals surface area contributed by atoms with E-state index in [1.807, 2.05) is 36.4 Å². The van der Waals surface area contributed by atoms with E-state index in [2.05, 4.69) is 34.1 Å². The van der Waals surface area contributed by atoms with E-state index in [1.54, 1.807) is 20.8 Å². The molecule has 1 unspecified atom stereocenters. The van der Waals surface area contributed by atoms with Crippen LogP contribution >= 0.6 is 0 Å². The minimum atomic E-state index is -0.958. The van der Waals surface area contributed by atoms with Crippen LogP contribution < -0.4 is 16.0 Å². The summed E-state index contributed by atoms with van der Waals surface area (Å²) in [6.07, 6.45) is 1.89. The molecule has 0 saturated carbocycles. The summed E-state index contributed by atoms with van der Waals surface area (Å²) < 4.78 is 6.02. The highest BCUT2D eigenvalue weighted by molar-refractivity contribution is 5.95. The Kier molecular flexibility index (Phi) is 8.80. The first-order valence-corrected chi connectivity index (χ1v) is 13.4. The summed E-state index contributed by atoms with van der Waals surface area (Å²) in [7, 11) is 0. The third-order valence-electron chi connectivity index (χ3n) is 7.94. The Labute approximate surface area is 220 Å². The number of carbonyl (C=O) groups is 2. The van der Waals surface area contributed by atoms with Crippen molar-refractivity contribution >= 4 is 11.7 Å². The van der Waals surface area contributed by atoms with Crippen LogP contribution in [0.2, 0.25) is 0 Å². The number of hydrogen-bond acceptors (Lipinski definition) is 6. The predicted octanol–water partition coefficient (Wildman–Crippen LogP) is 2.50. The molecule has 2 aliphatic rings. The van der Waals surface area contributed by atoms with Crippen molar-refractivity contribution in [3.05, 3.63) is 71.3 Å². The number of aliphatic hydroxyl groups excluding tert-OH is 1. The molecule has 200 valence electrons. The zero-order valence-corrected chi connectivity index (χ0v) is 22.3. The van der Waals surface area contributed by atoms with Gasteiger partial charge in [-0.1, -0.05) is 54.6 Å². The van der Waals surface area contributed by atoms with Crippen LogP contribution in [0.1, 0.15) is 50.3 Å². The highest BCUT2D eigenvalue weighted by Crippen LogP contribution is 2.49. The fourth-order valence-corrected chi connectivity index (χ4v) is 5.78. The van der Waals surface area contributed by atoms with Crippen LogP contribution in [0.4, 0.5) is 0 Å². The van der Waals surface area contributed by atoms with Crippen molar-refractivity contribution in [2.24, 2.45) is 5.92 Å². The summed E-state index contributed by atoms with van der Waals surface area (Å²) >= 11 is 0. The maximum atomic E-state index is 14.3. The second-order valence-corrected chi connectivity index (χ2v) is 11.1. The number of fused-ring (bicyclic) bond motifs is 2. The first-order valence-electron chi connectivity index (χ1n) is 13.4. The molecule has 1 aliphatic heterocycles. The second kappa shape index (κ2) is 11.9. The van der Waals surface area contributed by atoms with Crippen molar-refractivity contribution in [2.45, 2.75) is 69.7 Å². The third kappa shape index (κ3) is 6.29. The summed E-state index contributed by atoms with van der Waals surface area (Å²) in [6, 6.07) is 17.5. The van der Waals surface area contributed by atoms with E-state index >= 15 is 0 Å². The molecule has 1 spiro atoms. The number of hydrogen-bond donors (Lipinski definition) is 4. The Bertz CT molecular complexity index is 1060. The fourth-order valence-electron chi connectivity index (χ4n) is 5.78. The molecule has 1 fully saturated rings. The first-order chi connectivity index (χ1) is 17.7. The molecular formula is C30H41N3O4. The lowest BCUT2D eigenvalue weighted by atomic mass is 9.66. The Morgan fingerprint density at radius 1 is 1.11 bits per heavy atom. The summed E-state index contributed by atoms with van der Waals surface area (Å²) in [5, 5.41) is 19.3. The zero-order valence-electron chi connectivity index (χ0n) is 22.3. The van der Waals surface area contributed by atoms with Gasteiger partial charge in [0.15, 0.2) is 5.78 Å². The van der Waals surface area contributed by atoms with Gasteiger partial charge in [-0.2, -0.15) is 0 Å². The SMILES string of the molecule is C[C@@H](O)CNC(C)(C)C(=O)N[C@H](COCc1ccccc1)C(=O)C1Cc2ccccc2C12CCNCC2. The van der Waals surface area contributed by atoms with E-state index in [-0.39, 0.29) is 36.2 Å². The van der Waals surface area contributed by atoms with Gasteiger partial charge in [-0.25, -0.2) is 0 Å². The van der Waals surface area contributed by atoms with Crippen LogP contribution in [0.3, 0.4) is 0 Å². The minimum absolute atomic E-state index is 0.0332. The monoisotopic (exact) mass is 507 g/mol. The molecule has 4 N–H and O–H groups in total. The van der Waals surface area contributed by atoms with Gasteiger partial charge in [0.25, 0.3) is 0 Å². The molecule has 7 nitrogen and oxygen atoms in total. The number of ketones is 1. The van der Waals surface area contributed by atoms with Gasteiger partial charge >= 0.3 is 0 Å². The number of carbonyl (C=O) groups excluding carboxylic acids is 2. The van der Waals surface area contributed by atoms with E-state index in [9.17, 15) is 14.7 Å². The molecule has 1 saturated heterocycles. The molecule has 37 heavy (non-hydrogen) atoms. The minimum Gasteiger partial charge on any atom is -0.392 e. The largest absolute Gasteiger partial charge is 0.392 e. The van der Waals surface area contributed by atoms with Crippen molar-refractivity contribution in [3.63, 3.8) is 0 Å². The van der Waals surface area contributed by atoms with E-state index in [0.29, 0.717) is 13.0 Å². The zero-order chi connectivity index (χ0) is 26.5. The van der Waals surface area contributed by atoms with Crippen molar-refractivity contribution in [2.75, 3.05) is 26.2 Å². The van der Waals surface area contributed by atoms with Gasteiger partial charge in [-0.15, -0.1) is 0 Å². The molecule has 1 aliphatic carbocycles. The lowest BCUT2D eigenvalue weighted by Gasteiger charge is -2.41. The van der Waals surface area contributed by atoms with E-state index in [1.165, 1.54) is 11.1 Å². The number of amides is 1. The van der Waals surface area contributed by atoms with E-state index in [0.717, 1.165) is 31.5 Å². The van der Waals surface area contributed by atoms with Gasteiger partial charge in [-0.05, 0) is 69.8 Å². The van der Waals surface area contributed by atoms with Gasteiger partial charge in [0.05, 0.1) is 24.9 Å². The number of piperidine rings is 1. The van der Waals surface area contributed by atoms with Gasteiger partial charge in [0, 0.05) is 17.9 Å².